The fraction of sp³-hybridized carbons (Fsp3) is 0.385. The highest BCUT2D eigenvalue weighted by molar-refractivity contribution is 5.61. The quantitative estimate of drug-likeness (QED) is 0.761. The minimum absolute atomic E-state index is 0.173. The van der Waals surface area contributed by atoms with E-state index in [-0.39, 0.29) is 6.61 Å². The minimum atomic E-state index is -1.12. The van der Waals surface area contributed by atoms with Crippen LogP contribution in [0.5, 0.6) is 11.5 Å². The smallest absolute Gasteiger partial charge is 0.493 e. The van der Waals surface area contributed by atoms with Crippen molar-refractivity contribution in [1.82, 2.24) is 0 Å². The van der Waals surface area contributed by atoms with E-state index in [1.54, 1.807) is 25.1 Å². The number of para-hydroxylation sites is 1. The third kappa shape index (κ3) is 3.52. The molecule has 0 radical (unpaired) electrons. The Morgan fingerprint density at radius 1 is 1.37 bits per heavy atom. The molecule has 0 aliphatic carbocycles. The van der Waals surface area contributed by atoms with E-state index in [2.05, 4.69) is 4.74 Å². The number of benzene rings is 1. The SMILES string of the molecule is CCOC(=O)O[C@H](C#N)c1cccc(OC)c1OC. The fourth-order valence-corrected chi connectivity index (χ4v) is 1.53. The van der Waals surface area contributed by atoms with Crippen LogP contribution in [0.2, 0.25) is 0 Å². The van der Waals surface area contributed by atoms with Crippen LogP contribution in [-0.4, -0.2) is 27.0 Å². The summed E-state index contributed by atoms with van der Waals surface area (Å²) in [6.07, 6.45) is -2.02. The third-order valence-corrected chi connectivity index (χ3v) is 2.31. The van der Waals surface area contributed by atoms with Gasteiger partial charge in [0.25, 0.3) is 0 Å². The summed E-state index contributed by atoms with van der Waals surface area (Å²) in [6, 6.07) is 6.85. The Morgan fingerprint density at radius 3 is 2.63 bits per heavy atom. The maximum Gasteiger partial charge on any atom is 0.509 e. The van der Waals surface area contributed by atoms with Gasteiger partial charge in [0, 0.05) is 0 Å². The lowest BCUT2D eigenvalue weighted by molar-refractivity contribution is 0.0414. The third-order valence-electron chi connectivity index (χ3n) is 2.31. The van der Waals surface area contributed by atoms with Crippen LogP contribution in [0.3, 0.4) is 0 Å². The van der Waals surface area contributed by atoms with Crippen LogP contribution in [0.25, 0.3) is 0 Å². The summed E-state index contributed by atoms with van der Waals surface area (Å²) in [4.78, 5) is 11.3. The molecule has 1 aromatic carbocycles. The summed E-state index contributed by atoms with van der Waals surface area (Å²) in [5.41, 5.74) is 0.400. The molecule has 1 aromatic rings. The van der Waals surface area contributed by atoms with Gasteiger partial charge >= 0.3 is 6.16 Å². The molecular weight excluding hydrogens is 250 g/mol. The van der Waals surface area contributed by atoms with Gasteiger partial charge in [0.1, 0.15) is 6.07 Å². The lowest BCUT2D eigenvalue weighted by Gasteiger charge is -2.16. The van der Waals surface area contributed by atoms with E-state index < -0.39 is 12.3 Å². The Labute approximate surface area is 111 Å². The van der Waals surface area contributed by atoms with Gasteiger partial charge in [-0.15, -0.1) is 0 Å². The van der Waals surface area contributed by atoms with Crippen molar-refractivity contribution in [2.24, 2.45) is 0 Å². The Kier molecular flexibility index (Phi) is 5.48. The molecule has 1 atom stereocenters. The Hall–Kier alpha value is -2.42. The van der Waals surface area contributed by atoms with E-state index in [1.165, 1.54) is 14.2 Å². The maximum atomic E-state index is 11.3. The Bertz CT molecular complexity index is 480. The van der Waals surface area contributed by atoms with Gasteiger partial charge < -0.3 is 18.9 Å². The van der Waals surface area contributed by atoms with E-state index >= 15 is 0 Å². The number of carbonyl (C=O) groups is 1. The topological polar surface area (TPSA) is 77.8 Å². The molecule has 0 aromatic heterocycles. The van der Waals surface area contributed by atoms with Gasteiger partial charge in [-0.3, -0.25) is 0 Å². The van der Waals surface area contributed by atoms with Gasteiger partial charge in [-0.05, 0) is 13.0 Å². The molecule has 0 spiro atoms. The van der Waals surface area contributed by atoms with Crippen LogP contribution in [0.1, 0.15) is 18.6 Å². The van der Waals surface area contributed by atoms with E-state index in [0.29, 0.717) is 17.1 Å². The first kappa shape index (κ1) is 14.6. The van der Waals surface area contributed by atoms with Crippen molar-refractivity contribution in [3.05, 3.63) is 23.8 Å². The van der Waals surface area contributed by atoms with Crippen LogP contribution in [0, 0.1) is 11.3 Å². The van der Waals surface area contributed by atoms with E-state index in [0.717, 1.165) is 0 Å². The highest BCUT2D eigenvalue weighted by Crippen LogP contribution is 2.35. The molecule has 6 heteroatoms. The predicted molar refractivity (Wildman–Crippen MR) is 66.0 cm³/mol. The molecule has 0 unspecified atom stereocenters. The predicted octanol–water partition coefficient (Wildman–Crippen LogP) is 2.44. The molecular formula is C13H15NO5. The van der Waals surface area contributed by atoms with E-state index in [4.69, 9.17) is 19.5 Å². The molecule has 0 aliphatic rings. The number of rotatable bonds is 5. The van der Waals surface area contributed by atoms with Crippen LogP contribution < -0.4 is 9.47 Å². The Balaban J connectivity index is 3.05. The fourth-order valence-electron chi connectivity index (χ4n) is 1.53. The van der Waals surface area contributed by atoms with Crippen LogP contribution in [-0.2, 0) is 9.47 Å². The zero-order valence-corrected chi connectivity index (χ0v) is 11.0. The van der Waals surface area contributed by atoms with E-state index in [9.17, 15) is 4.79 Å². The van der Waals surface area contributed by atoms with Gasteiger partial charge in [0.2, 0.25) is 6.10 Å². The van der Waals surface area contributed by atoms with Crippen molar-refractivity contribution >= 4 is 6.16 Å². The molecule has 1 rings (SSSR count). The minimum Gasteiger partial charge on any atom is -0.493 e. The van der Waals surface area contributed by atoms with Gasteiger partial charge in [-0.2, -0.15) is 5.26 Å². The second-order valence-electron chi connectivity index (χ2n) is 3.39. The summed E-state index contributed by atoms with van der Waals surface area (Å²) in [7, 11) is 2.93. The Morgan fingerprint density at radius 2 is 2.11 bits per heavy atom. The van der Waals surface area contributed by atoms with Gasteiger partial charge in [-0.25, -0.2) is 4.79 Å². The van der Waals surface area contributed by atoms with Gasteiger partial charge in [-0.1, -0.05) is 12.1 Å². The van der Waals surface area contributed by atoms with Crippen molar-refractivity contribution in [2.45, 2.75) is 13.0 Å². The first-order valence-electron chi connectivity index (χ1n) is 5.61. The summed E-state index contributed by atoms with van der Waals surface area (Å²) in [6.45, 7) is 1.82. The van der Waals surface area contributed by atoms with Crippen molar-refractivity contribution in [1.29, 1.82) is 5.26 Å². The average molecular weight is 265 g/mol. The number of ether oxygens (including phenoxy) is 4. The molecule has 0 aliphatic heterocycles. The highest BCUT2D eigenvalue weighted by atomic mass is 16.7. The number of nitrogens with zero attached hydrogens (tertiary/aromatic N) is 1. The monoisotopic (exact) mass is 265 g/mol. The largest absolute Gasteiger partial charge is 0.509 e. The van der Waals surface area contributed by atoms with Crippen LogP contribution in [0.15, 0.2) is 18.2 Å². The number of carbonyl (C=O) groups excluding carboxylic acids is 1. The standard InChI is InChI=1S/C13H15NO5/c1-4-18-13(15)19-11(8-14)9-6-5-7-10(16-2)12(9)17-3/h5-7,11H,4H2,1-3H3/t11-/m1/s1. The summed E-state index contributed by atoms with van der Waals surface area (Å²) >= 11 is 0. The molecule has 102 valence electrons. The van der Waals surface area contributed by atoms with Crippen molar-refractivity contribution in [3.63, 3.8) is 0 Å². The molecule has 0 N–H and O–H groups in total. The first-order valence-corrected chi connectivity index (χ1v) is 5.61. The molecule has 0 heterocycles. The van der Waals surface area contributed by atoms with E-state index in [1.807, 2.05) is 6.07 Å². The van der Waals surface area contributed by atoms with Crippen molar-refractivity contribution < 1.29 is 23.7 Å². The molecule has 19 heavy (non-hydrogen) atoms. The van der Waals surface area contributed by atoms with Crippen LogP contribution >= 0.6 is 0 Å². The molecule has 0 saturated heterocycles. The molecule has 6 nitrogen and oxygen atoms in total. The first-order chi connectivity index (χ1) is 9.17. The lowest BCUT2D eigenvalue weighted by Crippen LogP contribution is -2.12. The van der Waals surface area contributed by atoms with Crippen LogP contribution in [0.4, 0.5) is 4.79 Å². The summed E-state index contributed by atoms with van der Waals surface area (Å²) < 4.78 is 19.9. The molecule has 0 bridgehead atoms. The number of methoxy groups -OCH3 is 2. The second-order valence-corrected chi connectivity index (χ2v) is 3.39. The molecule has 0 amide bonds. The zero-order valence-electron chi connectivity index (χ0n) is 11.0. The van der Waals surface area contributed by atoms with Crippen molar-refractivity contribution in [2.75, 3.05) is 20.8 Å². The molecule has 0 fully saturated rings. The average Bonchev–Trinajstić information content (AvgIpc) is 2.44. The lowest BCUT2D eigenvalue weighted by atomic mass is 10.1. The number of hydrogen-bond donors (Lipinski definition) is 0. The number of nitriles is 1. The van der Waals surface area contributed by atoms with Crippen molar-refractivity contribution in [3.8, 4) is 17.6 Å². The second kappa shape index (κ2) is 7.11. The number of hydrogen-bond acceptors (Lipinski definition) is 6. The van der Waals surface area contributed by atoms with Gasteiger partial charge in [0.05, 0.1) is 26.4 Å². The molecule has 0 saturated carbocycles. The maximum absolute atomic E-state index is 11.3. The summed E-state index contributed by atoms with van der Waals surface area (Å²) in [5.74, 6) is 0.800. The normalized spacial score (nSPS) is 11.1. The summed E-state index contributed by atoms with van der Waals surface area (Å²) in [5, 5.41) is 9.10. The zero-order chi connectivity index (χ0) is 14.3. The van der Waals surface area contributed by atoms with Gasteiger partial charge in [0.15, 0.2) is 11.5 Å². The highest BCUT2D eigenvalue weighted by Gasteiger charge is 2.23.